The Labute approximate surface area is 119 Å². The first-order chi connectivity index (χ1) is 9.51. The van der Waals surface area contributed by atoms with Crippen molar-refractivity contribution >= 4 is 17.2 Å². The van der Waals surface area contributed by atoms with Crippen molar-refractivity contribution in [2.24, 2.45) is 5.73 Å². The summed E-state index contributed by atoms with van der Waals surface area (Å²) in [6.07, 6.45) is 0. The maximum absolute atomic E-state index is 13.8. The Morgan fingerprint density at radius 1 is 1.10 bits per heavy atom. The zero-order valence-electron chi connectivity index (χ0n) is 10.5. The number of benzene rings is 2. The first kappa shape index (κ1) is 14.2. The summed E-state index contributed by atoms with van der Waals surface area (Å²) in [6.45, 7) is 0. The molecule has 0 aromatic heterocycles. The van der Waals surface area contributed by atoms with Crippen LogP contribution in [-0.4, -0.2) is 12.1 Å². The van der Waals surface area contributed by atoms with E-state index < -0.39 is 17.4 Å². The molecule has 2 aromatic rings. The lowest BCUT2D eigenvalue weighted by molar-refractivity contribution is 0.393. The Morgan fingerprint density at radius 3 is 2.25 bits per heavy atom. The van der Waals surface area contributed by atoms with Crippen LogP contribution in [0.4, 0.5) is 8.78 Å². The molecule has 0 aliphatic rings. The topological polar surface area (TPSA) is 44.5 Å². The van der Waals surface area contributed by atoms with Crippen LogP contribution >= 0.6 is 12.2 Å². The second-order valence-corrected chi connectivity index (χ2v) is 4.35. The molecule has 104 valence electrons. The molecule has 2 aromatic carbocycles. The van der Waals surface area contributed by atoms with Gasteiger partial charge in [-0.1, -0.05) is 18.3 Å². The van der Waals surface area contributed by atoms with Gasteiger partial charge in [0.15, 0.2) is 17.4 Å². The minimum absolute atomic E-state index is 0.0873. The van der Waals surface area contributed by atoms with Crippen molar-refractivity contribution in [1.29, 1.82) is 0 Å². The maximum Gasteiger partial charge on any atom is 0.198 e. The van der Waals surface area contributed by atoms with Gasteiger partial charge in [0.05, 0.1) is 7.11 Å². The summed E-state index contributed by atoms with van der Waals surface area (Å²) in [5, 5.41) is 0. The van der Waals surface area contributed by atoms with Crippen molar-refractivity contribution in [2.75, 3.05) is 7.11 Å². The molecule has 0 radical (unpaired) electrons. The molecule has 0 unspecified atom stereocenters. The number of nitrogens with two attached hydrogens (primary N) is 1. The molecule has 3 nitrogen and oxygen atoms in total. The van der Waals surface area contributed by atoms with Crippen molar-refractivity contribution < 1.29 is 18.3 Å². The van der Waals surface area contributed by atoms with Crippen LogP contribution in [0.5, 0.6) is 17.2 Å². The summed E-state index contributed by atoms with van der Waals surface area (Å²) < 4.78 is 37.9. The van der Waals surface area contributed by atoms with Gasteiger partial charge in [0.2, 0.25) is 0 Å². The van der Waals surface area contributed by atoms with E-state index in [4.69, 9.17) is 15.2 Å². The fourth-order valence-electron chi connectivity index (χ4n) is 1.58. The fraction of sp³-hybridized carbons (Fsp3) is 0.0714. The molecule has 0 amide bonds. The zero-order valence-corrected chi connectivity index (χ0v) is 11.3. The molecule has 0 aliphatic carbocycles. The molecular weight excluding hydrogens is 284 g/mol. The molecule has 0 fully saturated rings. The van der Waals surface area contributed by atoms with E-state index in [1.165, 1.54) is 13.2 Å². The van der Waals surface area contributed by atoms with E-state index >= 15 is 0 Å². The molecule has 0 heterocycles. The van der Waals surface area contributed by atoms with E-state index in [9.17, 15) is 8.78 Å². The first-order valence-electron chi connectivity index (χ1n) is 5.62. The quantitative estimate of drug-likeness (QED) is 0.878. The van der Waals surface area contributed by atoms with E-state index in [2.05, 4.69) is 12.2 Å². The minimum atomic E-state index is -0.879. The second kappa shape index (κ2) is 5.83. The van der Waals surface area contributed by atoms with Crippen LogP contribution in [0.3, 0.4) is 0 Å². The molecule has 0 spiro atoms. The number of halogens is 2. The predicted octanol–water partition coefficient (Wildman–Crippen LogP) is 3.40. The normalized spacial score (nSPS) is 10.2. The van der Waals surface area contributed by atoms with E-state index in [0.717, 1.165) is 12.1 Å². The van der Waals surface area contributed by atoms with Crippen molar-refractivity contribution in [3.05, 3.63) is 53.6 Å². The average Bonchev–Trinajstić information content (AvgIpc) is 2.42. The van der Waals surface area contributed by atoms with Gasteiger partial charge in [-0.15, -0.1) is 0 Å². The molecule has 0 aliphatic heterocycles. The van der Waals surface area contributed by atoms with Crippen LogP contribution in [0.15, 0.2) is 36.4 Å². The third kappa shape index (κ3) is 3.03. The number of hydrogen-bond acceptors (Lipinski definition) is 3. The van der Waals surface area contributed by atoms with Gasteiger partial charge in [-0.25, -0.2) is 8.78 Å². The zero-order chi connectivity index (χ0) is 14.7. The van der Waals surface area contributed by atoms with E-state index in [1.54, 1.807) is 18.2 Å². The van der Waals surface area contributed by atoms with Gasteiger partial charge in [0.1, 0.15) is 16.5 Å². The molecular formula is C14H11F2NO2S. The molecule has 6 heteroatoms. The van der Waals surface area contributed by atoms with Crippen molar-refractivity contribution in [3.8, 4) is 17.2 Å². The monoisotopic (exact) mass is 295 g/mol. The Morgan fingerprint density at radius 2 is 1.70 bits per heavy atom. The summed E-state index contributed by atoms with van der Waals surface area (Å²) in [4.78, 5) is -0.0873. The van der Waals surface area contributed by atoms with E-state index in [1.807, 2.05) is 0 Å². The number of ether oxygens (including phenoxy) is 2. The molecule has 0 atom stereocenters. The van der Waals surface area contributed by atoms with Crippen LogP contribution in [0.2, 0.25) is 0 Å². The Hall–Kier alpha value is -2.21. The van der Waals surface area contributed by atoms with Crippen LogP contribution in [0.1, 0.15) is 5.56 Å². The molecule has 0 bridgehead atoms. The third-order valence-electron chi connectivity index (χ3n) is 2.54. The number of thiocarbonyl (C=S) groups is 1. The third-order valence-corrected chi connectivity index (χ3v) is 2.78. The molecule has 0 saturated heterocycles. The lowest BCUT2D eigenvalue weighted by Gasteiger charge is -2.10. The highest BCUT2D eigenvalue weighted by molar-refractivity contribution is 7.80. The average molecular weight is 295 g/mol. The van der Waals surface area contributed by atoms with Crippen molar-refractivity contribution in [1.82, 2.24) is 0 Å². The van der Waals surface area contributed by atoms with E-state index in [-0.39, 0.29) is 16.3 Å². The van der Waals surface area contributed by atoms with Gasteiger partial charge >= 0.3 is 0 Å². The Kier molecular flexibility index (Phi) is 4.14. The lowest BCUT2D eigenvalue weighted by Crippen LogP contribution is -2.10. The smallest absolute Gasteiger partial charge is 0.198 e. The molecule has 2 rings (SSSR count). The van der Waals surface area contributed by atoms with Crippen LogP contribution in [-0.2, 0) is 0 Å². The molecule has 2 N–H and O–H groups in total. The highest BCUT2D eigenvalue weighted by Crippen LogP contribution is 2.30. The minimum Gasteiger partial charge on any atom is -0.497 e. The Balaban J connectivity index is 2.36. The van der Waals surface area contributed by atoms with Gasteiger partial charge < -0.3 is 15.2 Å². The predicted molar refractivity (Wildman–Crippen MR) is 75.3 cm³/mol. The van der Waals surface area contributed by atoms with Gasteiger partial charge in [0.25, 0.3) is 0 Å². The number of hydrogen-bond donors (Lipinski definition) is 1. The maximum atomic E-state index is 13.8. The SMILES string of the molecule is COc1cccc(Oc2c(F)cc(C(N)=S)cc2F)c1. The van der Waals surface area contributed by atoms with Crippen LogP contribution in [0.25, 0.3) is 0 Å². The summed E-state index contributed by atoms with van der Waals surface area (Å²) in [6, 6.07) is 8.47. The summed E-state index contributed by atoms with van der Waals surface area (Å²) in [7, 11) is 1.48. The van der Waals surface area contributed by atoms with E-state index in [0.29, 0.717) is 5.75 Å². The summed E-state index contributed by atoms with van der Waals surface area (Å²) >= 11 is 4.67. The van der Waals surface area contributed by atoms with Gasteiger partial charge in [-0.05, 0) is 24.3 Å². The summed E-state index contributed by atoms with van der Waals surface area (Å²) in [5.41, 5.74) is 5.44. The first-order valence-corrected chi connectivity index (χ1v) is 6.03. The number of methoxy groups -OCH3 is 1. The second-order valence-electron chi connectivity index (χ2n) is 3.91. The summed E-state index contributed by atoms with van der Waals surface area (Å²) in [5.74, 6) is -1.50. The largest absolute Gasteiger partial charge is 0.497 e. The fourth-order valence-corrected chi connectivity index (χ4v) is 1.70. The lowest BCUT2D eigenvalue weighted by atomic mass is 10.2. The van der Waals surface area contributed by atoms with Crippen LogP contribution in [0, 0.1) is 11.6 Å². The van der Waals surface area contributed by atoms with Gasteiger partial charge in [-0.2, -0.15) is 0 Å². The molecule has 0 saturated carbocycles. The van der Waals surface area contributed by atoms with Crippen LogP contribution < -0.4 is 15.2 Å². The van der Waals surface area contributed by atoms with Gasteiger partial charge in [-0.3, -0.25) is 0 Å². The van der Waals surface area contributed by atoms with Crippen molar-refractivity contribution in [2.45, 2.75) is 0 Å². The highest BCUT2D eigenvalue weighted by atomic mass is 32.1. The van der Waals surface area contributed by atoms with Gasteiger partial charge in [0, 0.05) is 11.6 Å². The number of rotatable bonds is 4. The standard InChI is InChI=1S/C14H11F2NO2S/c1-18-9-3-2-4-10(7-9)19-13-11(15)5-8(14(17)20)6-12(13)16/h2-7H,1H3,(H2,17,20). The Bertz CT molecular complexity index is 638. The molecule has 20 heavy (non-hydrogen) atoms. The highest BCUT2D eigenvalue weighted by Gasteiger charge is 2.15. The van der Waals surface area contributed by atoms with Crippen molar-refractivity contribution in [3.63, 3.8) is 0 Å².